The van der Waals surface area contributed by atoms with Gasteiger partial charge in [0.1, 0.15) is 0 Å². The van der Waals surface area contributed by atoms with Crippen molar-refractivity contribution in [2.75, 3.05) is 24.7 Å². The molecule has 7 nitrogen and oxygen atoms in total. The zero-order chi connectivity index (χ0) is 29.0. The number of carbonyl (C=O) groups excluding carboxylic acids is 1. The summed E-state index contributed by atoms with van der Waals surface area (Å²) in [6.07, 6.45) is 11.4. The molecule has 1 aliphatic heterocycles. The zero-order valence-electron chi connectivity index (χ0n) is 25.0. The number of hydrogen-bond acceptors (Lipinski definition) is 7. The van der Waals surface area contributed by atoms with E-state index in [-0.39, 0.29) is 16.7 Å². The van der Waals surface area contributed by atoms with Crippen molar-refractivity contribution in [3.63, 3.8) is 0 Å². The summed E-state index contributed by atoms with van der Waals surface area (Å²) in [5.41, 5.74) is 4.51. The number of amides is 1. The average molecular weight is 597 g/mol. The molecule has 2 bridgehead atoms. The van der Waals surface area contributed by atoms with E-state index in [4.69, 9.17) is 14.2 Å². The molecule has 9 rings (SSSR count). The molecule has 5 aliphatic rings. The first-order valence-corrected chi connectivity index (χ1v) is 17.0. The maximum absolute atomic E-state index is 14.2. The minimum absolute atomic E-state index is 0.0202. The number of carbonyl (C=O) groups is 1. The molecular weight excluding hydrogens is 556 g/mol. The Labute approximate surface area is 257 Å². The van der Waals surface area contributed by atoms with Crippen LogP contribution in [0, 0.1) is 18.3 Å². The molecule has 2 aromatic heterocycles. The standard InChI is InChI=1S/C35H40N4O3S/c1-23-36-29-8-7-27(21-30(29)43-23)26-3-2-4-28(20-26)39(31(40)19-24-9-17-41-18-10-24)22-34-11-14-35(15-12-34,16-13-34)33-37-32(38-42-33)25-5-6-25/h2-4,7-8,20-21,24-25H,5-6,9-19,22H2,1H3. The van der Waals surface area contributed by atoms with Crippen LogP contribution < -0.4 is 4.90 Å². The molecule has 8 heteroatoms. The number of anilines is 1. The quantitative estimate of drug-likeness (QED) is 0.205. The van der Waals surface area contributed by atoms with Crippen LogP contribution >= 0.6 is 11.3 Å². The molecule has 0 atom stereocenters. The van der Waals surface area contributed by atoms with Gasteiger partial charge in [-0.05, 0) is 118 Å². The first kappa shape index (κ1) is 27.4. The minimum Gasteiger partial charge on any atom is -0.381 e. The second-order valence-electron chi connectivity index (χ2n) is 13.7. The Morgan fingerprint density at radius 2 is 1.72 bits per heavy atom. The molecule has 4 aromatic rings. The van der Waals surface area contributed by atoms with E-state index in [9.17, 15) is 4.79 Å². The van der Waals surface area contributed by atoms with Crippen molar-refractivity contribution in [2.24, 2.45) is 11.3 Å². The maximum atomic E-state index is 14.2. The molecule has 5 fully saturated rings. The fraction of sp³-hybridized carbons (Fsp3) is 0.543. The molecule has 0 radical (unpaired) electrons. The highest BCUT2D eigenvalue weighted by molar-refractivity contribution is 7.18. The molecule has 4 saturated carbocycles. The van der Waals surface area contributed by atoms with Crippen LogP contribution in [0.25, 0.3) is 21.3 Å². The van der Waals surface area contributed by atoms with E-state index in [1.165, 1.54) is 23.1 Å². The topological polar surface area (TPSA) is 81.4 Å². The van der Waals surface area contributed by atoms with Gasteiger partial charge in [-0.2, -0.15) is 4.98 Å². The van der Waals surface area contributed by atoms with Gasteiger partial charge >= 0.3 is 0 Å². The lowest BCUT2D eigenvalue weighted by Crippen LogP contribution is -2.51. The number of fused-ring (bicyclic) bond motifs is 4. The Hall–Kier alpha value is -3.10. The number of aromatic nitrogens is 3. The van der Waals surface area contributed by atoms with Crippen LogP contribution in [0.5, 0.6) is 0 Å². The molecule has 0 N–H and O–H groups in total. The number of hydrogen-bond donors (Lipinski definition) is 0. The summed E-state index contributed by atoms with van der Waals surface area (Å²) >= 11 is 1.73. The summed E-state index contributed by atoms with van der Waals surface area (Å²) in [6, 6.07) is 15.1. The smallest absolute Gasteiger partial charge is 0.232 e. The molecule has 1 saturated heterocycles. The highest BCUT2D eigenvalue weighted by Gasteiger charge is 2.53. The summed E-state index contributed by atoms with van der Waals surface area (Å²) < 4.78 is 12.7. The van der Waals surface area contributed by atoms with Gasteiger partial charge in [0.2, 0.25) is 11.8 Å². The predicted octanol–water partition coefficient (Wildman–Crippen LogP) is 7.97. The van der Waals surface area contributed by atoms with Crippen molar-refractivity contribution in [2.45, 2.75) is 88.9 Å². The summed E-state index contributed by atoms with van der Waals surface area (Å²) in [6.45, 7) is 4.35. The second kappa shape index (κ2) is 10.8. The summed E-state index contributed by atoms with van der Waals surface area (Å²) in [5.74, 6) is 2.95. The van der Waals surface area contributed by atoms with E-state index in [1.807, 2.05) is 0 Å². The third-order valence-corrected chi connectivity index (χ3v) is 11.8. The number of rotatable bonds is 8. The minimum atomic E-state index is 0.0202. The molecule has 224 valence electrons. The molecule has 2 aromatic carbocycles. The third-order valence-electron chi connectivity index (χ3n) is 10.8. The normalized spacial score (nSPS) is 25.8. The van der Waals surface area contributed by atoms with Gasteiger partial charge in [-0.1, -0.05) is 23.4 Å². The highest BCUT2D eigenvalue weighted by Crippen LogP contribution is 2.58. The van der Waals surface area contributed by atoms with Crippen molar-refractivity contribution < 1.29 is 14.1 Å². The maximum Gasteiger partial charge on any atom is 0.232 e. The molecule has 4 aliphatic carbocycles. The van der Waals surface area contributed by atoms with Gasteiger partial charge in [0.25, 0.3) is 0 Å². The Balaban J connectivity index is 1.06. The zero-order valence-corrected chi connectivity index (χ0v) is 25.8. The van der Waals surface area contributed by atoms with Crippen LogP contribution in [-0.2, 0) is 14.9 Å². The number of aryl methyl sites for hydroxylation is 1. The van der Waals surface area contributed by atoms with Crippen LogP contribution in [0.4, 0.5) is 5.69 Å². The van der Waals surface area contributed by atoms with Gasteiger partial charge in [-0.25, -0.2) is 4.98 Å². The molecular formula is C35H40N4O3S. The van der Waals surface area contributed by atoms with E-state index < -0.39 is 0 Å². The van der Waals surface area contributed by atoms with E-state index in [2.05, 4.69) is 64.4 Å². The number of benzene rings is 2. The van der Waals surface area contributed by atoms with Crippen LogP contribution in [0.2, 0.25) is 0 Å². The fourth-order valence-corrected chi connectivity index (χ4v) is 8.68. The largest absolute Gasteiger partial charge is 0.381 e. The van der Waals surface area contributed by atoms with Crippen molar-refractivity contribution in [1.29, 1.82) is 0 Å². The predicted molar refractivity (Wildman–Crippen MR) is 168 cm³/mol. The van der Waals surface area contributed by atoms with Crippen molar-refractivity contribution in [3.8, 4) is 11.1 Å². The van der Waals surface area contributed by atoms with Crippen LogP contribution in [0.3, 0.4) is 0 Å². The van der Waals surface area contributed by atoms with Gasteiger partial charge in [-0.3, -0.25) is 4.79 Å². The third kappa shape index (κ3) is 5.31. The lowest BCUT2D eigenvalue weighted by atomic mass is 9.53. The Kier molecular flexibility index (Phi) is 6.90. The Bertz CT molecular complexity index is 1620. The second-order valence-corrected chi connectivity index (χ2v) is 15.0. The first-order valence-electron chi connectivity index (χ1n) is 16.2. The van der Waals surface area contributed by atoms with Crippen molar-refractivity contribution >= 4 is 33.1 Å². The summed E-state index contributed by atoms with van der Waals surface area (Å²) in [7, 11) is 0. The van der Waals surface area contributed by atoms with E-state index >= 15 is 0 Å². The fourth-order valence-electron chi connectivity index (χ4n) is 7.82. The van der Waals surface area contributed by atoms with E-state index in [1.54, 1.807) is 11.3 Å². The van der Waals surface area contributed by atoms with Crippen LogP contribution in [0.15, 0.2) is 47.0 Å². The average Bonchev–Trinajstić information content (AvgIpc) is 3.64. The molecule has 43 heavy (non-hydrogen) atoms. The SMILES string of the molecule is Cc1nc2ccc(-c3cccc(N(CC45CCC(c6nc(C7CC7)no6)(CC4)CC5)C(=O)CC4CCOCC4)c3)cc2s1. The number of ether oxygens (including phenoxy) is 1. The lowest BCUT2D eigenvalue weighted by molar-refractivity contribution is -0.121. The van der Waals surface area contributed by atoms with Crippen LogP contribution in [0.1, 0.15) is 93.3 Å². The van der Waals surface area contributed by atoms with Gasteiger partial charge in [0.05, 0.1) is 15.2 Å². The number of thiazole rings is 1. The van der Waals surface area contributed by atoms with Gasteiger partial charge < -0.3 is 14.2 Å². The van der Waals surface area contributed by atoms with Gasteiger partial charge in [-0.15, -0.1) is 11.3 Å². The monoisotopic (exact) mass is 596 g/mol. The molecule has 3 heterocycles. The Morgan fingerprint density at radius 1 is 0.953 bits per heavy atom. The molecule has 0 spiro atoms. The Morgan fingerprint density at radius 3 is 2.49 bits per heavy atom. The van der Waals surface area contributed by atoms with Gasteiger partial charge in [0, 0.05) is 43.2 Å². The summed E-state index contributed by atoms with van der Waals surface area (Å²) in [4.78, 5) is 25.9. The van der Waals surface area contributed by atoms with Gasteiger partial charge in [0.15, 0.2) is 5.82 Å². The van der Waals surface area contributed by atoms with Crippen molar-refractivity contribution in [1.82, 2.24) is 15.1 Å². The first-order chi connectivity index (χ1) is 21.0. The molecule has 0 unspecified atom stereocenters. The van der Waals surface area contributed by atoms with Crippen LogP contribution in [-0.4, -0.2) is 40.8 Å². The van der Waals surface area contributed by atoms with Crippen molar-refractivity contribution in [3.05, 3.63) is 59.2 Å². The highest BCUT2D eigenvalue weighted by atomic mass is 32.1. The molecule has 1 amide bonds. The lowest BCUT2D eigenvalue weighted by Gasteiger charge is -2.53. The van der Waals surface area contributed by atoms with E-state index in [0.29, 0.717) is 18.3 Å². The summed E-state index contributed by atoms with van der Waals surface area (Å²) in [5, 5.41) is 5.43. The van der Waals surface area contributed by atoms with E-state index in [0.717, 1.165) is 105 Å². The number of nitrogens with zero attached hydrogens (tertiary/aromatic N) is 4.